The summed E-state index contributed by atoms with van der Waals surface area (Å²) in [6, 6.07) is 7.20. The molecule has 1 aromatic rings. The van der Waals surface area contributed by atoms with Crippen molar-refractivity contribution in [3.8, 4) is 0 Å². The van der Waals surface area contributed by atoms with E-state index in [2.05, 4.69) is 10.9 Å². The van der Waals surface area contributed by atoms with Crippen LogP contribution >= 0.6 is 0 Å². The van der Waals surface area contributed by atoms with Gasteiger partial charge in [0.05, 0.1) is 0 Å². The van der Waals surface area contributed by atoms with Gasteiger partial charge in [0.25, 0.3) is 5.91 Å². The number of carbonyl (C=O) groups is 1. The van der Waals surface area contributed by atoms with E-state index in [0.29, 0.717) is 12.5 Å². The zero-order valence-electron chi connectivity index (χ0n) is 16.0. The van der Waals surface area contributed by atoms with Gasteiger partial charge in [0.2, 0.25) is 0 Å². The lowest BCUT2D eigenvalue weighted by Gasteiger charge is -2.41. The van der Waals surface area contributed by atoms with Gasteiger partial charge in [-0.25, -0.2) is 4.39 Å². The fourth-order valence-corrected chi connectivity index (χ4v) is 4.92. The molecule has 0 aromatic heterocycles. The third-order valence-electron chi connectivity index (χ3n) is 6.56. The second-order valence-electron chi connectivity index (χ2n) is 8.38. The van der Waals surface area contributed by atoms with Gasteiger partial charge in [0.1, 0.15) is 11.4 Å². The first-order valence-corrected chi connectivity index (χ1v) is 10.2. The highest BCUT2D eigenvalue weighted by molar-refractivity contribution is 5.85. The molecule has 3 fully saturated rings. The van der Waals surface area contributed by atoms with Crippen molar-refractivity contribution in [2.24, 2.45) is 5.92 Å². The molecule has 3 aliphatic rings. The number of hydrogen-bond donors (Lipinski definition) is 2. The Morgan fingerprint density at radius 2 is 2.11 bits per heavy atom. The first-order valence-electron chi connectivity index (χ1n) is 10.2. The summed E-state index contributed by atoms with van der Waals surface area (Å²) in [5.41, 5.74) is 7.07. The predicted molar refractivity (Wildman–Crippen MR) is 102 cm³/mol. The van der Waals surface area contributed by atoms with E-state index in [1.165, 1.54) is 6.07 Å². The maximum atomic E-state index is 13.6. The minimum atomic E-state index is -0.637. The Labute approximate surface area is 160 Å². The molecule has 148 valence electrons. The van der Waals surface area contributed by atoms with Crippen molar-refractivity contribution in [2.45, 2.75) is 56.6 Å². The first kappa shape index (κ1) is 18.8. The van der Waals surface area contributed by atoms with Crippen molar-refractivity contribution in [2.75, 3.05) is 26.2 Å². The van der Waals surface area contributed by atoms with Crippen LogP contribution < -0.4 is 10.9 Å². The van der Waals surface area contributed by atoms with E-state index in [0.717, 1.165) is 57.3 Å². The number of piperidine rings is 1. The average Bonchev–Trinajstić information content (AvgIpc) is 3.18. The summed E-state index contributed by atoms with van der Waals surface area (Å²) >= 11 is 0. The Balaban J connectivity index is 1.38. The fourth-order valence-electron chi connectivity index (χ4n) is 4.92. The molecule has 0 spiro atoms. The van der Waals surface area contributed by atoms with Crippen LogP contribution in [0.2, 0.25) is 0 Å². The van der Waals surface area contributed by atoms with Gasteiger partial charge in [0, 0.05) is 38.2 Å². The maximum Gasteiger partial charge on any atom is 0.254 e. The number of amides is 1. The highest BCUT2D eigenvalue weighted by Gasteiger charge is 2.42. The molecular formula is C21H30FN3O2. The normalized spacial score (nSPS) is 32.6. The molecule has 0 saturated carbocycles. The van der Waals surface area contributed by atoms with E-state index < -0.39 is 5.60 Å². The molecule has 3 unspecified atom stereocenters. The molecule has 3 saturated heterocycles. The molecule has 0 aliphatic carbocycles. The van der Waals surface area contributed by atoms with E-state index in [9.17, 15) is 9.18 Å². The SMILES string of the molecule is CC1(C(=O)N2CCC(C3NNCC3c3cccc(F)c3)CC2)CCCCO1. The van der Waals surface area contributed by atoms with Gasteiger partial charge in [0.15, 0.2) is 0 Å². The van der Waals surface area contributed by atoms with E-state index in [4.69, 9.17) is 4.74 Å². The van der Waals surface area contributed by atoms with Crippen molar-refractivity contribution in [1.29, 1.82) is 0 Å². The van der Waals surface area contributed by atoms with Gasteiger partial charge in [-0.15, -0.1) is 0 Å². The second kappa shape index (κ2) is 7.86. The quantitative estimate of drug-likeness (QED) is 0.853. The molecule has 0 bridgehead atoms. The molecule has 3 atom stereocenters. The van der Waals surface area contributed by atoms with Crippen molar-refractivity contribution in [3.63, 3.8) is 0 Å². The van der Waals surface area contributed by atoms with Crippen LogP contribution in [-0.2, 0) is 9.53 Å². The van der Waals surface area contributed by atoms with Gasteiger partial charge < -0.3 is 9.64 Å². The van der Waals surface area contributed by atoms with Crippen LogP contribution in [0, 0.1) is 11.7 Å². The van der Waals surface area contributed by atoms with Crippen LogP contribution in [0.1, 0.15) is 50.5 Å². The lowest BCUT2D eigenvalue weighted by molar-refractivity contribution is -0.163. The molecule has 3 heterocycles. The van der Waals surface area contributed by atoms with E-state index >= 15 is 0 Å². The predicted octanol–water partition coefficient (Wildman–Crippen LogP) is 2.58. The van der Waals surface area contributed by atoms with Crippen molar-refractivity contribution < 1.29 is 13.9 Å². The van der Waals surface area contributed by atoms with Crippen LogP contribution in [0.25, 0.3) is 0 Å². The highest BCUT2D eigenvalue weighted by atomic mass is 19.1. The molecule has 6 heteroatoms. The third-order valence-corrected chi connectivity index (χ3v) is 6.56. The molecule has 27 heavy (non-hydrogen) atoms. The number of rotatable bonds is 3. The minimum Gasteiger partial charge on any atom is -0.365 e. The zero-order valence-corrected chi connectivity index (χ0v) is 16.0. The number of hydrogen-bond acceptors (Lipinski definition) is 4. The van der Waals surface area contributed by atoms with E-state index in [1.54, 1.807) is 12.1 Å². The largest absolute Gasteiger partial charge is 0.365 e. The Hall–Kier alpha value is -1.50. The van der Waals surface area contributed by atoms with Gasteiger partial charge in [-0.05, 0) is 62.6 Å². The summed E-state index contributed by atoms with van der Waals surface area (Å²) in [4.78, 5) is 14.9. The number of likely N-dealkylation sites (tertiary alicyclic amines) is 1. The smallest absolute Gasteiger partial charge is 0.254 e. The molecule has 2 N–H and O–H groups in total. The van der Waals surface area contributed by atoms with Crippen LogP contribution in [-0.4, -0.2) is 48.7 Å². The standard InChI is InChI=1S/C21H30FN3O2/c1-21(9-2-3-12-27-21)20(26)25-10-7-15(8-11-25)19-18(14-23-24-19)16-5-4-6-17(22)13-16/h4-6,13,15,18-19,23-24H,2-3,7-12,14H2,1H3. The van der Waals surface area contributed by atoms with Crippen molar-refractivity contribution >= 4 is 5.91 Å². The summed E-state index contributed by atoms with van der Waals surface area (Å²) in [7, 11) is 0. The lowest BCUT2D eigenvalue weighted by Crippen LogP contribution is -2.54. The van der Waals surface area contributed by atoms with Gasteiger partial charge in [-0.1, -0.05) is 12.1 Å². The van der Waals surface area contributed by atoms with Crippen LogP contribution in [0.5, 0.6) is 0 Å². The monoisotopic (exact) mass is 375 g/mol. The summed E-state index contributed by atoms with van der Waals surface area (Å²) in [5.74, 6) is 0.698. The minimum absolute atomic E-state index is 0.153. The topological polar surface area (TPSA) is 53.6 Å². The third kappa shape index (κ3) is 3.89. The summed E-state index contributed by atoms with van der Waals surface area (Å²) in [6.07, 6.45) is 4.86. The molecule has 1 aromatic carbocycles. The Bertz CT molecular complexity index is 669. The average molecular weight is 375 g/mol. The van der Waals surface area contributed by atoms with Crippen molar-refractivity contribution in [1.82, 2.24) is 15.8 Å². The molecule has 1 amide bonds. The number of nitrogens with one attached hydrogen (secondary N) is 2. The van der Waals surface area contributed by atoms with Crippen molar-refractivity contribution in [3.05, 3.63) is 35.6 Å². The Morgan fingerprint density at radius 1 is 1.30 bits per heavy atom. The highest BCUT2D eigenvalue weighted by Crippen LogP contribution is 2.34. The second-order valence-corrected chi connectivity index (χ2v) is 8.38. The summed E-state index contributed by atoms with van der Waals surface area (Å²) < 4.78 is 19.5. The summed E-state index contributed by atoms with van der Waals surface area (Å²) in [6.45, 7) is 4.99. The molecule has 0 radical (unpaired) electrons. The molecule has 4 rings (SSSR count). The van der Waals surface area contributed by atoms with E-state index in [1.807, 2.05) is 17.9 Å². The number of ether oxygens (including phenoxy) is 1. The number of hydrazine groups is 1. The number of halogens is 1. The zero-order chi connectivity index (χ0) is 18.9. The van der Waals surface area contributed by atoms with Gasteiger partial charge in [-0.3, -0.25) is 15.6 Å². The first-order chi connectivity index (χ1) is 13.1. The Kier molecular flexibility index (Phi) is 5.48. The molecule has 3 aliphatic heterocycles. The lowest BCUT2D eigenvalue weighted by atomic mass is 9.80. The number of carbonyl (C=O) groups excluding carboxylic acids is 1. The molecule has 5 nitrogen and oxygen atoms in total. The summed E-state index contributed by atoms with van der Waals surface area (Å²) in [5, 5.41) is 0. The van der Waals surface area contributed by atoms with Gasteiger partial charge >= 0.3 is 0 Å². The van der Waals surface area contributed by atoms with Crippen LogP contribution in [0.15, 0.2) is 24.3 Å². The van der Waals surface area contributed by atoms with Gasteiger partial charge in [-0.2, -0.15) is 0 Å². The van der Waals surface area contributed by atoms with Crippen LogP contribution in [0.3, 0.4) is 0 Å². The molecular weight excluding hydrogens is 345 g/mol. The number of benzene rings is 1. The number of nitrogens with zero attached hydrogens (tertiary/aromatic N) is 1. The Morgan fingerprint density at radius 3 is 2.81 bits per heavy atom. The van der Waals surface area contributed by atoms with E-state index in [-0.39, 0.29) is 23.7 Å². The van der Waals surface area contributed by atoms with Crippen LogP contribution in [0.4, 0.5) is 4.39 Å². The maximum absolute atomic E-state index is 13.6. The fraction of sp³-hybridized carbons (Fsp3) is 0.667.